The van der Waals surface area contributed by atoms with Gasteiger partial charge in [0.05, 0.1) is 5.75 Å². The quantitative estimate of drug-likeness (QED) is 0.477. The number of nitrogens with zero attached hydrogens (tertiary/aromatic N) is 5. The summed E-state index contributed by atoms with van der Waals surface area (Å²) in [7, 11) is -2.99. The lowest BCUT2D eigenvalue weighted by molar-refractivity contribution is 0.0640. The number of halogens is 1. The Morgan fingerprint density at radius 2 is 1.89 bits per heavy atom. The molecule has 0 spiro atoms. The van der Waals surface area contributed by atoms with E-state index >= 15 is 0 Å². The number of rotatable bonds is 7. The predicted molar refractivity (Wildman–Crippen MR) is 144 cm³/mol. The molecule has 1 aromatic carbocycles. The summed E-state index contributed by atoms with van der Waals surface area (Å²) >= 11 is 0. The second kappa shape index (κ2) is 10.0. The van der Waals surface area contributed by atoms with Crippen molar-refractivity contribution in [1.82, 2.24) is 15.0 Å². The average Bonchev–Trinajstić information content (AvgIpc) is 2.82. The van der Waals surface area contributed by atoms with Gasteiger partial charge in [-0.05, 0) is 41.5 Å². The highest BCUT2D eigenvalue weighted by Crippen LogP contribution is 2.37. The van der Waals surface area contributed by atoms with Crippen LogP contribution in [-0.2, 0) is 9.84 Å². The first kappa shape index (κ1) is 25.6. The summed E-state index contributed by atoms with van der Waals surface area (Å²) in [6.07, 6.45) is 2.74. The molecule has 11 heteroatoms. The maximum atomic E-state index is 13.7. The molecule has 37 heavy (non-hydrogen) atoms. The van der Waals surface area contributed by atoms with Crippen molar-refractivity contribution in [2.45, 2.75) is 38.5 Å². The topological polar surface area (TPSA) is 112 Å². The number of nitrogens with one attached hydrogen (secondary N) is 1. The van der Waals surface area contributed by atoms with E-state index in [0.717, 1.165) is 16.5 Å². The zero-order chi connectivity index (χ0) is 26.3. The summed E-state index contributed by atoms with van der Waals surface area (Å²) in [5.41, 5.74) is 2.26. The van der Waals surface area contributed by atoms with Crippen molar-refractivity contribution < 1.29 is 17.9 Å². The number of anilines is 4. The van der Waals surface area contributed by atoms with Gasteiger partial charge >= 0.3 is 0 Å². The molecule has 2 aliphatic heterocycles. The summed E-state index contributed by atoms with van der Waals surface area (Å²) in [6.45, 7) is 6.32. The van der Waals surface area contributed by atoms with Crippen molar-refractivity contribution in [3.05, 3.63) is 42.2 Å². The number of aliphatic hydroxyl groups excluding tert-OH is 1. The van der Waals surface area contributed by atoms with Crippen LogP contribution in [0, 0.1) is 5.92 Å². The fraction of sp³-hybridized carbons (Fsp3) is 0.500. The second-order valence-corrected chi connectivity index (χ2v) is 12.7. The Morgan fingerprint density at radius 3 is 2.59 bits per heavy atom. The van der Waals surface area contributed by atoms with Gasteiger partial charge in [0.2, 0.25) is 5.95 Å². The zero-order valence-electron chi connectivity index (χ0n) is 21.3. The van der Waals surface area contributed by atoms with Gasteiger partial charge < -0.3 is 20.2 Å². The van der Waals surface area contributed by atoms with Crippen LogP contribution < -0.4 is 15.1 Å². The van der Waals surface area contributed by atoms with E-state index in [0.29, 0.717) is 43.1 Å². The number of fused-ring (bicyclic) bond motifs is 1. The van der Waals surface area contributed by atoms with Crippen LogP contribution in [0.25, 0.3) is 10.8 Å². The molecular formula is C26H33FN6O3S. The van der Waals surface area contributed by atoms with Crippen molar-refractivity contribution in [1.29, 1.82) is 0 Å². The smallest absolute Gasteiger partial charge is 0.227 e. The highest BCUT2D eigenvalue weighted by Gasteiger charge is 2.31. The summed E-state index contributed by atoms with van der Waals surface area (Å²) in [5.74, 6) is 2.29. The molecular weight excluding hydrogens is 495 g/mol. The van der Waals surface area contributed by atoms with Gasteiger partial charge in [0.15, 0.2) is 0 Å². The van der Waals surface area contributed by atoms with Crippen LogP contribution in [-0.4, -0.2) is 78.9 Å². The number of aliphatic hydroxyl groups is 1. The normalized spacial score (nSPS) is 20.9. The molecule has 2 saturated heterocycles. The molecule has 3 aromatic rings. The molecule has 0 aliphatic carbocycles. The minimum Gasteiger partial charge on any atom is -0.388 e. The van der Waals surface area contributed by atoms with Gasteiger partial charge in [0.25, 0.3) is 0 Å². The van der Waals surface area contributed by atoms with Crippen molar-refractivity contribution in [3.63, 3.8) is 0 Å². The molecule has 4 heterocycles. The number of pyridine rings is 1. The molecule has 198 valence electrons. The van der Waals surface area contributed by atoms with Gasteiger partial charge in [0, 0.05) is 61.8 Å². The molecule has 0 bridgehead atoms. The van der Waals surface area contributed by atoms with Crippen LogP contribution in [0.1, 0.15) is 31.7 Å². The number of aromatic nitrogens is 3. The Kier molecular flexibility index (Phi) is 6.93. The van der Waals surface area contributed by atoms with Crippen molar-refractivity contribution in [2.75, 3.05) is 53.3 Å². The van der Waals surface area contributed by atoms with Crippen molar-refractivity contribution >= 4 is 43.9 Å². The van der Waals surface area contributed by atoms with E-state index in [1.165, 1.54) is 11.8 Å². The molecule has 2 atom stereocenters. The Hall–Kier alpha value is -3.05. The maximum Gasteiger partial charge on any atom is 0.227 e. The largest absolute Gasteiger partial charge is 0.388 e. The molecule has 0 unspecified atom stereocenters. The highest BCUT2D eigenvalue weighted by molar-refractivity contribution is 7.90. The van der Waals surface area contributed by atoms with E-state index in [-0.39, 0.29) is 24.6 Å². The minimum atomic E-state index is -2.99. The third-order valence-electron chi connectivity index (χ3n) is 7.05. The van der Waals surface area contributed by atoms with E-state index in [9.17, 15) is 17.9 Å². The minimum absolute atomic E-state index is 0.146. The summed E-state index contributed by atoms with van der Waals surface area (Å²) in [6, 6.07) is 8.00. The zero-order valence-corrected chi connectivity index (χ0v) is 22.1. The first-order valence-corrected chi connectivity index (χ1v) is 14.7. The predicted octanol–water partition coefficient (Wildman–Crippen LogP) is 3.28. The van der Waals surface area contributed by atoms with Crippen LogP contribution in [0.3, 0.4) is 0 Å². The van der Waals surface area contributed by atoms with E-state index in [4.69, 9.17) is 0 Å². The second-order valence-electron chi connectivity index (χ2n) is 10.5. The van der Waals surface area contributed by atoms with E-state index in [1.807, 2.05) is 12.3 Å². The van der Waals surface area contributed by atoms with Crippen molar-refractivity contribution in [2.24, 2.45) is 5.92 Å². The number of sulfone groups is 1. The van der Waals surface area contributed by atoms with Gasteiger partial charge in [0.1, 0.15) is 33.7 Å². The van der Waals surface area contributed by atoms with Crippen molar-refractivity contribution in [3.8, 4) is 0 Å². The van der Waals surface area contributed by atoms with Crippen LogP contribution in [0.2, 0.25) is 0 Å². The lowest BCUT2D eigenvalue weighted by atomic mass is 9.93. The number of benzene rings is 1. The lowest BCUT2D eigenvalue weighted by Gasteiger charge is -2.41. The molecule has 0 amide bonds. The number of β-amino-alcohol motifs (C(OH)–C–C–N with tert-alkyl or cyclic N) is 1. The van der Waals surface area contributed by atoms with E-state index in [1.54, 1.807) is 17.2 Å². The fourth-order valence-corrected chi connectivity index (χ4v) is 6.25. The summed E-state index contributed by atoms with van der Waals surface area (Å²) < 4.78 is 37.0. The van der Waals surface area contributed by atoms with Gasteiger partial charge in [-0.1, -0.05) is 19.9 Å². The molecule has 2 fully saturated rings. The Balaban J connectivity index is 1.39. The van der Waals surface area contributed by atoms with Crippen LogP contribution in [0.5, 0.6) is 0 Å². The molecule has 9 nitrogen and oxygen atoms in total. The monoisotopic (exact) mass is 528 g/mol. The third kappa shape index (κ3) is 5.62. The number of alkyl halides is 1. The fourth-order valence-electron chi connectivity index (χ4n) is 5.18. The Bertz CT molecular complexity index is 1400. The van der Waals surface area contributed by atoms with E-state index < -0.39 is 22.1 Å². The first-order chi connectivity index (χ1) is 17.6. The summed E-state index contributed by atoms with van der Waals surface area (Å²) in [5, 5.41) is 15.3. The van der Waals surface area contributed by atoms with Crippen LogP contribution in [0.4, 0.5) is 27.7 Å². The number of piperidine rings is 1. The molecule has 0 radical (unpaired) electrons. The number of hydrogen-bond donors (Lipinski definition) is 2. The first-order valence-electron chi connectivity index (χ1n) is 12.6. The molecule has 2 aromatic heterocycles. The summed E-state index contributed by atoms with van der Waals surface area (Å²) in [4.78, 5) is 17.5. The Morgan fingerprint density at radius 1 is 1.11 bits per heavy atom. The lowest BCUT2D eigenvalue weighted by Crippen LogP contribution is -2.49. The SMILES string of the molecule is CC(C)c1ccc(N2CC(CS(C)(=O)=O)C2)c2cnc(Nc3ccnc(N4CC[C@@H](F)[C@@H](O)C4)n3)cc12. The van der Waals surface area contributed by atoms with Crippen LogP contribution in [0.15, 0.2) is 36.7 Å². The average molecular weight is 529 g/mol. The highest BCUT2D eigenvalue weighted by atomic mass is 32.2. The molecule has 5 rings (SSSR count). The number of hydrogen-bond acceptors (Lipinski definition) is 9. The van der Waals surface area contributed by atoms with Crippen LogP contribution >= 0.6 is 0 Å². The molecule has 2 N–H and O–H groups in total. The van der Waals surface area contributed by atoms with Gasteiger partial charge in [-0.25, -0.2) is 22.8 Å². The third-order valence-corrected chi connectivity index (χ3v) is 8.13. The van der Waals surface area contributed by atoms with E-state index in [2.05, 4.69) is 51.1 Å². The van der Waals surface area contributed by atoms with Gasteiger partial charge in [-0.15, -0.1) is 0 Å². The Labute approximate surface area is 216 Å². The molecule has 2 aliphatic rings. The van der Waals surface area contributed by atoms with Gasteiger partial charge in [-0.3, -0.25) is 0 Å². The molecule has 0 saturated carbocycles. The standard InChI is InChI=1S/C26H33FN6O3S/c1-16(2)18-4-5-22(33-12-17(13-33)15-37(3,35)36)20-11-29-25(10-19(18)20)30-24-6-8-28-26(31-24)32-9-7-21(27)23(34)14-32/h4-6,8,10-11,16-17,21,23,34H,7,9,12-15H2,1-3H3,(H,28,29,30,31)/t21-,23+/m1/s1. The maximum absolute atomic E-state index is 13.7. The van der Waals surface area contributed by atoms with Gasteiger partial charge in [-0.2, -0.15) is 4.98 Å².